The number of nitrogens with one attached hydrogen (secondary N) is 3. The van der Waals surface area contributed by atoms with Crippen LogP contribution in [-0.4, -0.2) is 156 Å². The molecule has 118 heavy (non-hydrogen) atoms. The molecule has 3 fully saturated rings. The van der Waals surface area contributed by atoms with Gasteiger partial charge in [0.15, 0.2) is 5.69 Å². The highest BCUT2D eigenvalue weighted by atomic mass is 19.4. The molecule has 11 aromatic rings. The van der Waals surface area contributed by atoms with Crippen molar-refractivity contribution in [1.82, 2.24) is 59.2 Å². The van der Waals surface area contributed by atoms with Gasteiger partial charge in [0.25, 0.3) is 17.7 Å². The maximum absolute atomic E-state index is 13.9. The lowest BCUT2D eigenvalue weighted by atomic mass is 10.0. The number of carbonyl (C=O) groups excluding carboxylic acids is 3. The molecular weight excluding hydrogens is 1530 g/mol. The van der Waals surface area contributed by atoms with Gasteiger partial charge in [-0.15, -0.1) is 0 Å². The summed E-state index contributed by atoms with van der Waals surface area (Å²) in [4.78, 5) is 69.9. The van der Waals surface area contributed by atoms with E-state index in [-0.39, 0.29) is 81.6 Å². The number of carbonyl (C=O) groups is 3. The molecule has 0 unspecified atom stereocenters. The predicted octanol–water partition coefficient (Wildman–Crippen LogP) is 13.4. The van der Waals surface area contributed by atoms with Gasteiger partial charge in [0, 0.05) is 166 Å². The van der Waals surface area contributed by atoms with Crippen LogP contribution in [0.25, 0.3) is 21.7 Å². The predicted molar refractivity (Wildman–Crippen MR) is 433 cm³/mol. The molecule has 9 heterocycles. The molecule has 22 nitrogen and oxygen atoms in total. The number of halogens is 9. The highest BCUT2D eigenvalue weighted by molar-refractivity contribution is 6.06. The van der Waals surface area contributed by atoms with Gasteiger partial charge in [-0.25, -0.2) is 15.0 Å². The summed E-state index contributed by atoms with van der Waals surface area (Å²) in [7, 11) is 5.61. The standard InChI is InChI=1S/C29H28F3N7O.C29H25F3N6O.C29H27F3N6O/c1-37-11-13-39(14-12-37)18-20-7-9-21(15-25(20)29(30,31)32)35-28(40)26-16-22(38(2)36-26)10-8-19-17-34-27(33)24-6-4-3-5-23(19)24;1-18-19(6-7-20-15-36-27(33)26-24(20)5-4-10-34-26)13-22(16-35-18)28(39)37-23-9-8-21(17-38-11-2-3-12-38)25(14-23)29(30,31)32;1-19-3-4-21(13-20(19)5-6-22-17-35-27(34)14-24(22)16-33)28(39)36-25-8-7-23(26(15-25)29(30,31)32)18-38-11-9-37(2)10-12-38/h3-7,9,15-17H,11-14,18H2,1-2H3,(H2,33,34)(H,35,40);4-5,8-10,13-16H,2-3,11-12,17H2,1H3,(H2,33,36)(H,37,39);3-4,7-8,13-15,17H,9-12,18H2,1-2H3,(H2,34,35)(H,36,39). The first kappa shape index (κ1) is 84.1. The summed E-state index contributed by atoms with van der Waals surface area (Å²) in [5.41, 5.74) is 21.6. The Morgan fingerprint density at radius 2 is 0.907 bits per heavy atom. The third kappa shape index (κ3) is 21.4. The van der Waals surface area contributed by atoms with Gasteiger partial charge in [-0.2, -0.15) is 49.9 Å². The van der Waals surface area contributed by atoms with Crippen molar-refractivity contribution in [2.45, 2.75) is 64.9 Å². The van der Waals surface area contributed by atoms with Gasteiger partial charge in [-0.05, 0) is 155 Å². The summed E-state index contributed by atoms with van der Waals surface area (Å²) in [6.45, 7) is 11.7. The van der Waals surface area contributed by atoms with Crippen LogP contribution in [-0.2, 0) is 45.2 Å². The summed E-state index contributed by atoms with van der Waals surface area (Å²) in [5.74, 6) is 17.0. The number of aromatic nitrogens is 7. The number of nitriles is 1. The Labute approximate surface area is 674 Å². The summed E-state index contributed by atoms with van der Waals surface area (Å²) in [5, 5.41) is 23.6. The molecule has 6 aromatic heterocycles. The normalized spacial score (nSPS) is 14.2. The second-order valence-corrected chi connectivity index (χ2v) is 28.6. The fraction of sp³-hybridized carbons (Fsp3) is 0.264. The van der Waals surface area contributed by atoms with Crippen LogP contribution in [0.4, 0.5) is 74.0 Å². The molecule has 5 aromatic carbocycles. The quantitative estimate of drug-likeness (QED) is 0.0489. The van der Waals surface area contributed by atoms with Crippen LogP contribution in [0.1, 0.15) is 128 Å². The Hall–Kier alpha value is -13.3. The highest BCUT2D eigenvalue weighted by Gasteiger charge is 2.37. The van der Waals surface area contributed by atoms with Crippen molar-refractivity contribution in [3.63, 3.8) is 0 Å². The van der Waals surface area contributed by atoms with Crippen molar-refractivity contribution >= 4 is 73.9 Å². The summed E-state index contributed by atoms with van der Waals surface area (Å²) >= 11 is 0. The summed E-state index contributed by atoms with van der Waals surface area (Å²) in [6.07, 6.45) is -4.17. The molecule has 0 saturated carbocycles. The maximum Gasteiger partial charge on any atom is 0.416 e. The number of anilines is 6. The molecule has 31 heteroatoms. The van der Waals surface area contributed by atoms with Gasteiger partial charge in [0.2, 0.25) is 0 Å². The largest absolute Gasteiger partial charge is 0.416 e. The lowest BCUT2D eigenvalue weighted by molar-refractivity contribution is -0.139. The maximum atomic E-state index is 13.9. The number of likely N-dealkylation sites (N-methyl/N-ethyl adjacent to an activating group) is 2. The van der Waals surface area contributed by atoms with Crippen molar-refractivity contribution in [1.29, 1.82) is 5.26 Å². The smallest absolute Gasteiger partial charge is 0.384 e. The number of piperazine rings is 2. The van der Waals surface area contributed by atoms with Crippen LogP contribution >= 0.6 is 0 Å². The third-order valence-electron chi connectivity index (χ3n) is 20.1. The Bertz CT molecular complexity index is 5860. The van der Waals surface area contributed by atoms with Gasteiger partial charge in [0.1, 0.15) is 34.7 Å². The molecule has 3 saturated heterocycles. The van der Waals surface area contributed by atoms with Crippen molar-refractivity contribution in [3.8, 4) is 41.6 Å². The Balaban J connectivity index is 0.000000163. The van der Waals surface area contributed by atoms with Gasteiger partial charge < -0.3 is 43.0 Å². The zero-order chi connectivity index (χ0) is 84.2. The molecule has 9 N–H and O–H groups in total. The third-order valence-corrected chi connectivity index (χ3v) is 20.1. The van der Waals surface area contributed by atoms with Gasteiger partial charge >= 0.3 is 18.5 Å². The number of rotatable bonds is 12. The monoisotopic (exact) mass is 1610 g/mol. The minimum atomic E-state index is -4.56. The number of alkyl halides is 9. The van der Waals surface area contributed by atoms with Crippen molar-refractivity contribution in [2.75, 3.05) is 113 Å². The molecule has 604 valence electrons. The Morgan fingerprint density at radius 1 is 0.441 bits per heavy atom. The molecule has 0 bridgehead atoms. The van der Waals surface area contributed by atoms with E-state index in [1.54, 1.807) is 62.9 Å². The average molecular weight is 1610 g/mol. The SMILES string of the molecule is CN1CCN(Cc2ccc(NC(=O)c3cc(C#Cc4cnc(N)c5ccccc45)n(C)n3)cc2C(F)(F)F)CC1.Cc1ccc(C(=O)Nc2ccc(CN3CCN(C)CC3)c(C(F)(F)F)c2)cc1C#Cc1cnc(N)cc1C#N.Cc1ncc(C(=O)Nc2ccc(CN3CCCC3)c(C(F)(F)F)c2)cc1C#Cc1cnc(N)c2ncccc12. The number of nitrogen functional groups attached to an aromatic ring is 3. The van der Waals surface area contributed by atoms with E-state index in [1.807, 2.05) is 72.1 Å². The number of benzene rings is 5. The van der Waals surface area contributed by atoms with E-state index < -0.39 is 52.9 Å². The van der Waals surface area contributed by atoms with E-state index in [9.17, 15) is 59.2 Å². The first-order chi connectivity index (χ1) is 56.3. The molecule has 0 atom stereocenters. The van der Waals surface area contributed by atoms with Gasteiger partial charge in [-0.1, -0.05) is 78.1 Å². The number of pyridine rings is 5. The first-order valence-electron chi connectivity index (χ1n) is 37.3. The van der Waals surface area contributed by atoms with E-state index >= 15 is 0 Å². The van der Waals surface area contributed by atoms with Crippen molar-refractivity contribution in [3.05, 3.63) is 259 Å². The fourth-order valence-electron chi connectivity index (χ4n) is 13.4. The van der Waals surface area contributed by atoms with Crippen LogP contribution in [0.3, 0.4) is 0 Å². The average Bonchev–Trinajstić information content (AvgIpc) is 1.21. The number of likely N-dealkylation sites (tertiary alicyclic amines) is 1. The van der Waals surface area contributed by atoms with Gasteiger partial charge in [0.05, 0.1) is 50.2 Å². The second kappa shape index (κ2) is 36.7. The lowest BCUT2D eigenvalue weighted by Crippen LogP contribution is -2.44. The molecule has 3 aliphatic rings. The van der Waals surface area contributed by atoms with Crippen LogP contribution in [0.2, 0.25) is 0 Å². The Morgan fingerprint density at radius 3 is 1.47 bits per heavy atom. The van der Waals surface area contributed by atoms with Crippen molar-refractivity contribution < 1.29 is 53.9 Å². The molecule has 0 spiro atoms. The minimum Gasteiger partial charge on any atom is -0.384 e. The molecular formula is C87H80F9N19O3. The number of amides is 3. The van der Waals surface area contributed by atoms with Gasteiger partial charge in [-0.3, -0.25) is 43.7 Å². The molecule has 14 rings (SSSR count). The molecule has 0 radical (unpaired) electrons. The molecule has 3 aliphatic heterocycles. The topological polar surface area (TPSA) is 288 Å². The minimum absolute atomic E-state index is 0.0298. The van der Waals surface area contributed by atoms with Crippen LogP contribution in [0, 0.1) is 60.7 Å². The Kier molecular flexibility index (Phi) is 26.2. The number of aryl methyl sites for hydroxylation is 3. The van der Waals surface area contributed by atoms with E-state index in [0.29, 0.717) is 82.5 Å². The summed E-state index contributed by atoms with van der Waals surface area (Å²) < 4.78 is 126. The zero-order valence-electron chi connectivity index (χ0n) is 64.8. The van der Waals surface area contributed by atoms with Crippen LogP contribution < -0.4 is 33.2 Å². The number of hydrogen-bond acceptors (Lipinski definition) is 18. The van der Waals surface area contributed by atoms with Crippen LogP contribution in [0.5, 0.6) is 0 Å². The second-order valence-electron chi connectivity index (χ2n) is 28.6. The zero-order valence-corrected chi connectivity index (χ0v) is 64.8. The number of nitrogens with two attached hydrogens (primary N) is 3. The highest BCUT2D eigenvalue weighted by Crippen LogP contribution is 2.39. The number of nitrogens with zero attached hydrogens (tertiary/aromatic N) is 13. The number of fused-ring (bicyclic) bond motifs is 2. The lowest BCUT2D eigenvalue weighted by Gasteiger charge is -2.33. The van der Waals surface area contributed by atoms with Crippen molar-refractivity contribution in [2.24, 2.45) is 7.05 Å². The van der Waals surface area contributed by atoms with E-state index in [4.69, 9.17) is 17.2 Å². The van der Waals surface area contributed by atoms with E-state index in [0.717, 1.165) is 92.0 Å². The first-order valence-corrected chi connectivity index (χ1v) is 37.3. The molecule has 0 aliphatic carbocycles. The molecule has 3 amide bonds. The van der Waals surface area contributed by atoms with Crippen LogP contribution in [0.15, 0.2) is 158 Å². The van der Waals surface area contributed by atoms with E-state index in [2.05, 4.69) is 91.3 Å². The summed E-state index contributed by atoms with van der Waals surface area (Å²) in [6, 6.07) is 34.1. The number of hydrogen-bond donors (Lipinski definition) is 6. The fourth-order valence-corrected chi connectivity index (χ4v) is 13.4. The van der Waals surface area contributed by atoms with E-state index in [1.165, 1.54) is 65.6 Å².